The maximum Gasteiger partial charge on any atom is 0.239 e. The molecule has 98 valence electrons. The summed E-state index contributed by atoms with van der Waals surface area (Å²) in [7, 11) is 1.73. The Bertz CT molecular complexity index is 259. The number of rotatable bonds is 5. The molecule has 0 aliphatic heterocycles. The summed E-state index contributed by atoms with van der Waals surface area (Å²) in [6, 6.07) is 0.514. The Morgan fingerprint density at radius 3 is 2.59 bits per heavy atom. The first-order valence-corrected chi connectivity index (χ1v) is 6.50. The Labute approximate surface area is 103 Å². The largest absolute Gasteiger partial charge is 0.355 e. The van der Waals surface area contributed by atoms with E-state index in [4.69, 9.17) is 0 Å². The predicted molar refractivity (Wildman–Crippen MR) is 70.1 cm³/mol. The summed E-state index contributed by atoms with van der Waals surface area (Å²) < 4.78 is 0. The maximum absolute atomic E-state index is 11.4. The molecular formula is C12H24N4O. The second-order valence-electron chi connectivity index (χ2n) is 4.40. The predicted octanol–water partition coefficient (Wildman–Crippen LogP) is 0.620. The van der Waals surface area contributed by atoms with Crippen LogP contribution in [0.4, 0.5) is 0 Å². The molecule has 17 heavy (non-hydrogen) atoms. The van der Waals surface area contributed by atoms with Crippen molar-refractivity contribution in [1.82, 2.24) is 16.0 Å². The van der Waals surface area contributed by atoms with Crippen LogP contribution in [-0.2, 0) is 4.79 Å². The van der Waals surface area contributed by atoms with Crippen molar-refractivity contribution in [2.45, 2.75) is 45.1 Å². The van der Waals surface area contributed by atoms with Crippen molar-refractivity contribution in [3.05, 3.63) is 0 Å². The second kappa shape index (κ2) is 7.92. The minimum absolute atomic E-state index is 0.0150. The van der Waals surface area contributed by atoms with Crippen LogP contribution in [0.2, 0.25) is 0 Å². The minimum Gasteiger partial charge on any atom is -0.355 e. The molecule has 3 N–H and O–H groups in total. The van der Waals surface area contributed by atoms with Crippen LogP contribution in [-0.4, -0.2) is 38.0 Å². The van der Waals surface area contributed by atoms with E-state index in [2.05, 4.69) is 20.9 Å². The zero-order valence-electron chi connectivity index (χ0n) is 10.9. The SMILES string of the molecule is CCCNC(=O)CNC(=NC)NC1CCCC1. The standard InChI is InChI=1S/C12H24N4O/c1-3-8-14-11(17)9-15-12(13-2)16-10-6-4-5-7-10/h10H,3-9H2,1-2H3,(H,14,17)(H2,13,15,16). The van der Waals surface area contributed by atoms with E-state index < -0.39 is 0 Å². The number of hydrogen-bond acceptors (Lipinski definition) is 2. The smallest absolute Gasteiger partial charge is 0.239 e. The van der Waals surface area contributed by atoms with E-state index in [1.807, 2.05) is 6.92 Å². The molecule has 1 amide bonds. The third-order valence-corrected chi connectivity index (χ3v) is 2.91. The van der Waals surface area contributed by atoms with Gasteiger partial charge in [-0.15, -0.1) is 0 Å². The average Bonchev–Trinajstić information content (AvgIpc) is 2.84. The first kappa shape index (κ1) is 13.8. The van der Waals surface area contributed by atoms with Gasteiger partial charge in [0.05, 0.1) is 6.54 Å². The molecule has 0 aromatic carbocycles. The summed E-state index contributed by atoms with van der Waals surface area (Å²) in [5.41, 5.74) is 0. The molecule has 1 fully saturated rings. The molecule has 0 saturated heterocycles. The van der Waals surface area contributed by atoms with E-state index in [9.17, 15) is 4.79 Å². The molecule has 0 spiro atoms. The zero-order valence-corrected chi connectivity index (χ0v) is 10.9. The van der Waals surface area contributed by atoms with Crippen LogP contribution in [0.25, 0.3) is 0 Å². The van der Waals surface area contributed by atoms with Crippen LogP contribution in [0.15, 0.2) is 4.99 Å². The lowest BCUT2D eigenvalue weighted by Gasteiger charge is -2.16. The van der Waals surface area contributed by atoms with Gasteiger partial charge in [0.2, 0.25) is 5.91 Å². The minimum atomic E-state index is 0.0150. The van der Waals surface area contributed by atoms with Crippen LogP contribution < -0.4 is 16.0 Å². The average molecular weight is 240 g/mol. The van der Waals surface area contributed by atoms with Gasteiger partial charge in [-0.1, -0.05) is 19.8 Å². The lowest BCUT2D eigenvalue weighted by molar-refractivity contribution is -0.120. The van der Waals surface area contributed by atoms with Crippen LogP contribution in [0, 0.1) is 0 Å². The number of aliphatic imine (C=N–C) groups is 1. The van der Waals surface area contributed by atoms with Gasteiger partial charge in [-0.2, -0.15) is 0 Å². The molecule has 0 atom stereocenters. The highest BCUT2D eigenvalue weighted by Crippen LogP contribution is 2.17. The molecule has 1 saturated carbocycles. The Morgan fingerprint density at radius 1 is 1.29 bits per heavy atom. The van der Waals surface area contributed by atoms with E-state index in [-0.39, 0.29) is 12.5 Å². The van der Waals surface area contributed by atoms with Crippen LogP contribution in [0.5, 0.6) is 0 Å². The van der Waals surface area contributed by atoms with Crippen molar-refractivity contribution in [1.29, 1.82) is 0 Å². The monoisotopic (exact) mass is 240 g/mol. The van der Waals surface area contributed by atoms with E-state index in [1.54, 1.807) is 7.05 Å². The van der Waals surface area contributed by atoms with E-state index >= 15 is 0 Å². The molecule has 1 aliphatic carbocycles. The van der Waals surface area contributed by atoms with Gasteiger partial charge in [0, 0.05) is 19.6 Å². The van der Waals surface area contributed by atoms with Gasteiger partial charge in [-0.05, 0) is 19.3 Å². The fourth-order valence-corrected chi connectivity index (χ4v) is 1.95. The Hall–Kier alpha value is -1.26. The summed E-state index contributed by atoms with van der Waals surface area (Å²) in [4.78, 5) is 15.5. The highest BCUT2D eigenvalue weighted by molar-refractivity contribution is 5.86. The number of nitrogens with zero attached hydrogens (tertiary/aromatic N) is 1. The second-order valence-corrected chi connectivity index (χ2v) is 4.40. The van der Waals surface area contributed by atoms with Gasteiger partial charge < -0.3 is 16.0 Å². The molecule has 0 bridgehead atoms. The summed E-state index contributed by atoms with van der Waals surface area (Å²) in [6.45, 7) is 3.05. The van der Waals surface area contributed by atoms with Gasteiger partial charge >= 0.3 is 0 Å². The fraction of sp³-hybridized carbons (Fsp3) is 0.833. The quantitative estimate of drug-likeness (QED) is 0.487. The number of carbonyl (C=O) groups is 1. The van der Waals surface area contributed by atoms with E-state index in [0.717, 1.165) is 18.9 Å². The summed E-state index contributed by atoms with van der Waals surface area (Å²) in [6.07, 6.45) is 5.92. The molecule has 1 aliphatic rings. The fourth-order valence-electron chi connectivity index (χ4n) is 1.95. The topological polar surface area (TPSA) is 65.5 Å². The molecule has 1 rings (SSSR count). The summed E-state index contributed by atoms with van der Waals surface area (Å²) >= 11 is 0. The van der Waals surface area contributed by atoms with Crippen molar-refractivity contribution in [2.24, 2.45) is 4.99 Å². The van der Waals surface area contributed by atoms with E-state index in [0.29, 0.717) is 6.04 Å². The molecule has 5 heteroatoms. The van der Waals surface area contributed by atoms with Gasteiger partial charge in [0.15, 0.2) is 5.96 Å². The van der Waals surface area contributed by atoms with E-state index in [1.165, 1.54) is 25.7 Å². The molecule has 0 aromatic rings. The van der Waals surface area contributed by atoms with Gasteiger partial charge in [-0.3, -0.25) is 9.79 Å². The third kappa shape index (κ3) is 5.56. The number of carbonyl (C=O) groups excluding carboxylic acids is 1. The maximum atomic E-state index is 11.4. The Balaban J connectivity index is 2.20. The molecule has 5 nitrogen and oxygen atoms in total. The highest BCUT2D eigenvalue weighted by Gasteiger charge is 2.15. The summed E-state index contributed by atoms with van der Waals surface area (Å²) in [5, 5.41) is 9.19. The van der Waals surface area contributed by atoms with Gasteiger partial charge in [0.1, 0.15) is 0 Å². The van der Waals surface area contributed by atoms with Crippen LogP contribution >= 0.6 is 0 Å². The first-order valence-electron chi connectivity index (χ1n) is 6.50. The molecule has 0 heterocycles. The zero-order chi connectivity index (χ0) is 12.5. The van der Waals surface area contributed by atoms with Crippen molar-refractivity contribution < 1.29 is 4.79 Å². The lowest BCUT2D eigenvalue weighted by atomic mass is 10.2. The third-order valence-electron chi connectivity index (χ3n) is 2.91. The highest BCUT2D eigenvalue weighted by atomic mass is 16.1. The Morgan fingerprint density at radius 2 is 2.00 bits per heavy atom. The number of guanidine groups is 1. The number of amides is 1. The van der Waals surface area contributed by atoms with Crippen molar-refractivity contribution in [2.75, 3.05) is 20.1 Å². The van der Waals surface area contributed by atoms with Gasteiger partial charge in [-0.25, -0.2) is 0 Å². The molecule has 0 unspecified atom stereocenters. The Kier molecular flexibility index (Phi) is 6.43. The van der Waals surface area contributed by atoms with Crippen molar-refractivity contribution in [3.8, 4) is 0 Å². The molecule has 0 aromatic heterocycles. The number of hydrogen-bond donors (Lipinski definition) is 3. The van der Waals surface area contributed by atoms with Crippen molar-refractivity contribution >= 4 is 11.9 Å². The van der Waals surface area contributed by atoms with Crippen LogP contribution in [0.3, 0.4) is 0 Å². The molecular weight excluding hydrogens is 216 g/mol. The van der Waals surface area contributed by atoms with Gasteiger partial charge in [0.25, 0.3) is 0 Å². The van der Waals surface area contributed by atoms with Crippen LogP contribution in [0.1, 0.15) is 39.0 Å². The normalized spacial score (nSPS) is 16.9. The number of nitrogens with one attached hydrogen (secondary N) is 3. The summed E-state index contributed by atoms with van der Waals surface area (Å²) in [5.74, 6) is 0.741. The van der Waals surface area contributed by atoms with Crippen molar-refractivity contribution in [3.63, 3.8) is 0 Å². The first-order chi connectivity index (χ1) is 8.26. The lowest BCUT2D eigenvalue weighted by Crippen LogP contribution is -2.46. The molecule has 0 radical (unpaired) electrons.